The van der Waals surface area contributed by atoms with E-state index in [1.54, 1.807) is 14.2 Å². The first-order valence-electron chi connectivity index (χ1n) is 10.0. The Bertz CT molecular complexity index is 783. The number of hydrogen-bond acceptors (Lipinski definition) is 6. The van der Waals surface area contributed by atoms with Crippen LogP contribution in [0, 0.1) is 11.8 Å². The Morgan fingerprint density at radius 3 is 1.93 bits per heavy atom. The Balaban J connectivity index is 2.57. The van der Waals surface area contributed by atoms with Crippen LogP contribution in [-0.4, -0.2) is 35.3 Å². The summed E-state index contributed by atoms with van der Waals surface area (Å²) in [6.45, 7) is 12.8. The summed E-state index contributed by atoms with van der Waals surface area (Å²) in [5.74, 6) is 2.39. The number of nitrogens with zero attached hydrogens (tertiary/aromatic N) is 3. The number of ether oxygens (including phenoxy) is 3. The molecule has 0 fully saturated rings. The summed E-state index contributed by atoms with van der Waals surface area (Å²) in [7, 11) is 3.18. The molecule has 154 valence electrons. The van der Waals surface area contributed by atoms with E-state index in [0.717, 1.165) is 35.5 Å². The van der Waals surface area contributed by atoms with Gasteiger partial charge >= 0.3 is 0 Å². The van der Waals surface area contributed by atoms with Crippen LogP contribution in [0.15, 0.2) is 12.1 Å². The van der Waals surface area contributed by atoms with Crippen LogP contribution in [0.5, 0.6) is 17.6 Å². The van der Waals surface area contributed by atoms with Crippen molar-refractivity contribution in [2.45, 2.75) is 60.5 Å². The van der Waals surface area contributed by atoms with E-state index >= 15 is 0 Å². The van der Waals surface area contributed by atoms with Crippen molar-refractivity contribution in [3.05, 3.63) is 23.5 Å². The Morgan fingerprint density at radius 2 is 1.43 bits per heavy atom. The molecular weight excluding hydrogens is 354 g/mol. The molecule has 2 aromatic rings. The molecule has 0 radical (unpaired) electrons. The van der Waals surface area contributed by atoms with Crippen LogP contribution in [-0.2, 0) is 12.8 Å². The van der Waals surface area contributed by atoms with Crippen molar-refractivity contribution < 1.29 is 14.2 Å². The first-order valence-corrected chi connectivity index (χ1v) is 10.0. The fourth-order valence-corrected chi connectivity index (χ4v) is 3.32. The summed E-state index contributed by atoms with van der Waals surface area (Å²) in [6, 6.07) is 3.72. The summed E-state index contributed by atoms with van der Waals surface area (Å²) in [6.07, 6.45) is 1.55. The van der Waals surface area contributed by atoms with Crippen molar-refractivity contribution in [2.75, 3.05) is 14.2 Å². The van der Waals surface area contributed by atoms with Crippen LogP contribution < -0.4 is 14.2 Å². The molecule has 0 atom stereocenters. The molecule has 2 rings (SSSR count). The molecule has 0 aliphatic heterocycles. The second-order valence-electron chi connectivity index (χ2n) is 7.46. The topological polar surface area (TPSA) is 66.4 Å². The highest BCUT2D eigenvalue weighted by molar-refractivity contribution is 5.68. The fourth-order valence-electron chi connectivity index (χ4n) is 3.32. The molecule has 2 heterocycles. The minimum absolute atomic E-state index is 0.0901. The van der Waals surface area contributed by atoms with Gasteiger partial charge in [0, 0.05) is 6.07 Å². The van der Waals surface area contributed by atoms with E-state index in [4.69, 9.17) is 24.2 Å². The number of aromatic nitrogens is 3. The molecule has 0 saturated carbocycles. The molecule has 0 amide bonds. The Morgan fingerprint density at radius 1 is 0.786 bits per heavy atom. The highest BCUT2D eigenvalue weighted by atomic mass is 16.5. The smallest absolute Gasteiger partial charge is 0.236 e. The van der Waals surface area contributed by atoms with Gasteiger partial charge in [0.2, 0.25) is 17.6 Å². The molecule has 6 nitrogen and oxygen atoms in total. The molecule has 0 aliphatic rings. The SMILES string of the molecule is CCc1nc(-c2ccc(OC)nc2OC)c(CC)nc1OC(C(C)C)C(C)C. The van der Waals surface area contributed by atoms with Gasteiger partial charge in [-0.2, -0.15) is 4.98 Å². The van der Waals surface area contributed by atoms with Crippen molar-refractivity contribution in [3.63, 3.8) is 0 Å². The Kier molecular flexibility index (Phi) is 7.61. The molecule has 28 heavy (non-hydrogen) atoms. The molecule has 0 bridgehead atoms. The molecule has 0 aliphatic carbocycles. The lowest BCUT2D eigenvalue weighted by molar-refractivity contribution is 0.0976. The Labute approximate surface area is 168 Å². The second kappa shape index (κ2) is 9.71. The molecule has 0 spiro atoms. The van der Waals surface area contributed by atoms with Crippen molar-refractivity contribution >= 4 is 0 Å². The number of methoxy groups -OCH3 is 2. The largest absolute Gasteiger partial charge is 0.481 e. The van der Waals surface area contributed by atoms with Crippen LogP contribution in [0.4, 0.5) is 0 Å². The minimum Gasteiger partial charge on any atom is -0.481 e. The van der Waals surface area contributed by atoms with Gasteiger partial charge in [0.15, 0.2) is 0 Å². The number of hydrogen-bond donors (Lipinski definition) is 0. The molecular formula is C22H33N3O3. The molecule has 0 N–H and O–H groups in total. The zero-order valence-electron chi connectivity index (χ0n) is 18.4. The summed E-state index contributed by atoms with van der Waals surface area (Å²) < 4.78 is 17.0. The van der Waals surface area contributed by atoms with E-state index in [2.05, 4.69) is 46.5 Å². The third kappa shape index (κ3) is 4.72. The summed E-state index contributed by atoms with van der Waals surface area (Å²) >= 11 is 0. The molecule has 0 unspecified atom stereocenters. The van der Waals surface area contributed by atoms with E-state index in [-0.39, 0.29) is 6.10 Å². The van der Waals surface area contributed by atoms with E-state index < -0.39 is 0 Å². The summed E-state index contributed by atoms with van der Waals surface area (Å²) in [5.41, 5.74) is 3.29. The first kappa shape index (κ1) is 21.9. The van der Waals surface area contributed by atoms with Gasteiger partial charge in [-0.25, -0.2) is 9.97 Å². The van der Waals surface area contributed by atoms with E-state index in [1.165, 1.54) is 0 Å². The predicted molar refractivity (Wildman–Crippen MR) is 111 cm³/mol. The van der Waals surface area contributed by atoms with Gasteiger partial charge in [-0.1, -0.05) is 41.5 Å². The van der Waals surface area contributed by atoms with E-state index in [9.17, 15) is 0 Å². The average molecular weight is 388 g/mol. The highest BCUT2D eigenvalue weighted by Gasteiger charge is 2.24. The van der Waals surface area contributed by atoms with Gasteiger partial charge in [0.25, 0.3) is 0 Å². The lowest BCUT2D eigenvalue weighted by atomic mass is 9.96. The molecule has 0 saturated heterocycles. The van der Waals surface area contributed by atoms with Crippen LogP contribution in [0.2, 0.25) is 0 Å². The van der Waals surface area contributed by atoms with E-state index in [1.807, 2.05) is 12.1 Å². The normalized spacial score (nSPS) is 11.4. The highest BCUT2D eigenvalue weighted by Crippen LogP contribution is 2.33. The van der Waals surface area contributed by atoms with Crippen molar-refractivity contribution in [3.8, 4) is 28.9 Å². The molecule has 6 heteroatoms. The van der Waals surface area contributed by atoms with Crippen LogP contribution in [0.1, 0.15) is 52.9 Å². The third-order valence-corrected chi connectivity index (χ3v) is 4.73. The number of pyridine rings is 1. The lowest BCUT2D eigenvalue weighted by Crippen LogP contribution is -2.30. The van der Waals surface area contributed by atoms with Gasteiger partial charge in [-0.05, 0) is 30.7 Å². The third-order valence-electron chi connectivity index (χ3n) is 4.73. The maximum atomic E-state index is 6.35. The molecule has 0 aromatic carbocycles. The van der Waals surface area contributed by atoms with Gasteiger partial charge in [0.05, 0.1) is 31.2 Å². The van der Waals surface area contributed by atoms with Crippen LogP contribution >= 0.6 is 0 Å². The first-order chi connectivity index (χ1) is 13.4. The van der Waals surface area contributed by atoms with Gasteiger partial charge in [0.1, 0.15) is 11.8 Å². The van der Waals surface area contributed by atoms with Gasteiger partial charge < -0.3 is 14.2 Å². The zero-order valence-corrected chi connectivity index (χ0v) is 18.4. The number of aryl methyl sites for hydroxylation is 2. The summed E-state index contributed by atoms with van der Waals surface area (Å²) in [5, 5.41) is 0. The van der Waals surface area contributed by atoms with Gasteiger partial charge in [-0.15, -0.1) is 0 Å². The second-order valence-corrected chi connectivity index (χ2v) is 7.46. The maximum absolute atomic E-state index is 6.35. The Hall–Kier alpha value is -2.37. The van der Waals surface area contributed by atoms with Crippen molar-refractivity contribution in [2.24, 2.45) is 11.8 Å². The van der Waals surface area contributed by atoms with Crippen molar-refractivity contribution in [1.82, 2.24) is 15.0 Å². The van der Waals surface area contributed by atoms with Crippen LogP contribution in [0.25, 0.3) is 11.3 Å². The maximum Gasteiger partial charge on any atom is 0.236 e. The van der Waals surface area contributed by atoms with Gasteiger partial charge in [-0.3, -0.25) is 0 Å². The zero-order chi connectivity index (χ0) is 20.8. The quantitative estimate of drug-likeness (QED) is 0.619. The monoisotopic (exact) mass is 387 g/mol. The summed E-state index contributed by atoms with van der Waals surface area (Å²) in [4.78, 5) is 14.2. The fraction of sp³-hybridized carbons (Fsp3) is 0.591. The molecule has 2 aromatic heterocycles. The average Bonchev–Trinajstić information content (AvgIpc) is 2.70. The predicted octanol–water partition coefficient (Wildman–Crippen LogP) is 4.74. The van der Waals surface area contributed by atoms with Crippen molar-refractivity contribution in [1.29, 1.82) is 0 Å². The standard InChI is InChI=1S/C22H33N3O3/c1-9-16-19(15-11-12-18(26-7)25-21(15)27-8)23-17(10-2)22(24-16)28-20(13(3)4)14(5)6/h11-14,20H,9-10H2,1-8H3. The number of rotatable bonds is 9. The van der Waals surface area contributed by atoms with E-state index in [0.29, 0.717) is 29.5 Å². The van der Waals surface area contributed by atoms with Crippen LogP contribution in [0.3, 0.4) is 0 Å². The minimum atomic E-state index is 0.0901. The lowest BCUT2D eigenvalue weighted by Gasteiger charge is -2.26.